The number of hydrogen-bond acceptors (Lipinski definition) is 2. The van der Waals surface area contributed by atoms with Crippen molar-refractivity contribution in [3.63, 3.8) is 0 Å². The monoisotopic (exact) mass is 341 g/mol. The smallest absolute Gasteiger partial charge is 0.140 e. The average molecular weight is 341 g/mol. The number of benzene rings is 1. The standard InChI is InChI=1S/C23H23N3/c1-17-9-11-19(12-10-17)22-16-24-23-20(7-5-13-26(22)23)14-18-6-4-8-21(15-18)25(2)3/h4-9,11-13,15-16H,1,10,14H2,2-3H3. The summed E-state index contributed by atoms with van der Waals surface area (Å²) in [5.74, 6) is 0. The minimum absolute atomic E-state index is 0.869. The summed E-state index contributed by atoms with van der Waals surface area (Å²) in [5, 5.41) is 0. The van der Waals surface area contributed by atoms with Crippen molar-refractivity contribution in [3.05, 3.63) is 96.0 Å². The first-order chi connectivity index (χ1) is 12.6. The van der Waals surface area contributed by atoms with Gasteiger partial charge in [0.25, 0.3) is 0 Å². The van der Waals surface area contributed by atoms with Gasteiger partial charge in [0, 0.05) is 32.4 Å². The number of anilines is 1. The molecule has 1 aliphatic rings. The molecule has 0 saturated carbocycles. The molecule has 0 aliphatic heterocycles. The van der Waals surface area contributed by atoms with E-state index < -0.39 is 0 Å². The summed E-state index contributed by atoms with van der Waals surface area (Å²) in [4.78, 5) is 6.85. The molecule has 3 heteroatoms. The Labute approximate surface area is 154 Å². The maximum absolute atomic E-state index is 4.72. The minimum atomic E-state index is 0.869. The molecule has 4 rings (SSSR count). The van der Waals surface area contributed by atoms with Crippen molar-refractivity contribution in [3.8, 4) is 0 Å². The number of hydrogen-bond donors (Lipinski definition) is 0. The maximum atomic E-state index is 4.72. The van der Waals surface area contributed by atoms with E-state index in [-0.39, 0.29) is 0 Å². The van der Waals surface area contributed by atoms with Gasteiger partial charge in [0.2, 0.25) is 0 Å². The molecule has 0 bridgehead atoms. The average Bonchev–Trinajstić information content (AvgIpc) is 3.08. The maximum Gasteiger partial charge on any atom is 0.140 e. The van der Waals surface area contributed by atoms with Crippen molar-refractivity contribution in [2.45, 2.75) is 12.8 Å². The lowest BCUT2D eigenvalue weighted by atomic mass is 10.0. The Morgan fingerprint density at radius 1 is 1.15 bits per heavy atom. The lowest BCUT2D eigenvalue weighted by Crippen LogP contribution is -2.08. The molecule has 2 aromatic heterocycles. The van der Waals surface area contributed by atoms with Gasteiger partial charge < -0.3 is 4.90 Å². The summed E-state index contributed by atoms with van der Waals surface area (Å²) >= 11 is 0. The van der Waals surface area contributed by atoms with Crippen LogP contribution in [0.4, 0.5) is 5.69 Å². The van der Waals surface area contributed by atoms with Gasteiger partial charge in [-0.3, -0.25) is 4.40 Å². The number of rotatable bonds is 4. The van der Waals surface area contributed by atoms with Crippen LogP contribution in [0.15, 0.2) is 79.2 Å². The number of nitrogens with zero attached hydrogens (tertiary/aromatic N) is 3. The lowest BCUT2D eigenvalue weighted by molar-refractivity contribution is 1.09. The van der Waals surface area contributed by atoms with Crippen LogP contribution >= 0.6 is 0 Å². The van der Waals surface area contributed by atoms with Gasteiger partial charge in [0.05, 0.1) is 11.9 Å². The van der Waals surface area contributed by atoms with Crippen LogP contribution in [0.1, 0.15) is 23.2 Å². The molecule has 0 radical (unpaired) electrons. The van der Waals surface area contributed by atoms with Gasteiger partial charge in [-0.05, 0) is 41.3 Å². The van der Waals surface area contributed by atoms with Crippen LogP contribution in [-0.2, 0) is 6.42 Å². The predicted octanol–water partition coefficient (Wildman–Crippen LogP) is 4.89. The van der Waals surface area contributed by atoms with Crippen molar-refractivity contribution in [1.29, 1.82) is 0 Å². The van der Waals surface area contributed by atoms with E-state index in [1.54, 1.807) is 0 Å². The van der Waals surface area contributed by atoms with Gasteiger partial charge in [0.1, 0.15) is 5.65 Å². The molecule has 3 aromatic rings. The van der Waals surface area contributed by atoms with E-state index in [0.29, 0.717) is 0 Å². The van der Waals surface area contributed by atoms with Gasteiger partial charge in [0.15, 0.2) is 0 Å². The highest BCUT2D eigenvalue weighted by molar-refractivity contribution is 5.76. The molecule has 1 aromatic carbocycles. The molecule has 130 valence electrons. The third kappa shape index (κ3) is 3.08. The zero-order chi connectivity index (χ0) is 18.1. The van der Waals surface area contributed by atoms with Crippen LogP contribution in [0.2, 0.25) is 0 Å². The molecule has 0 spiro atoms. The van der Waals surface area contributed by atoms with E-state index in [1.807, 2.05) is 6.20 Å². The zero-order valence-electron chi connectivity index (χ0n) is 15.3. The van der Waals surface area contributed by atoms with Crippen molar-refractivity contribution in [1.82, 2.24) is 9.38 Å². The molecular weight excluding hydrogens is 318 g/mol. The summed E-state index contributed by atoms with van der Waals surface area (Å²) in [7, 11) is 4.14. The molecule has 0 atom stereocenters. The fourth-order valence-corrected chi connectivity index (χ4v) is 3.36. The lowest BCUT2D eigenvalue weighted by Gasteiger charge is -2.14. The normalized spacial score (nSPS) is 13.9. The van der Waals surface area contributed by atoms with E-state index in [4.69, 9.17) is 4.98 Å². The van der Waals surface area contributed by atoms with Crippen molar-refractivity contribution >= 4 is 16.9 Å². The molecule has 2 heterocycles. The third-order valence-electron chi connectivity index (χ3n) is 4.82. The van der Waals surface area contributed by atoms with Crippen LogP contribution in [-0.4, -0.2) is 23.5 Å². The Kier molecular flexibility index (Phi) is 4.21. The quantitative estimate of drug-likeness (QED) is 0.673. The second-order valence-corrected chi connectivity index (χ2v) is 6.97. The van der Waals surface area contributed by atoms with Gasteiger partial charge in [-0.2, -0.15) is 0 Å². The number of fused-ring (bicyclic) bond motifs is 1. The van der Waals surface area contributed by atoms with Crippen molar-refractivity contribution in [2.75, 3.05) is 19.0 Å². The van der Waals surface area contributed by atoms with Crippen molar-refractivity contribution in [2.24, 2.45) is 0 Å². The Morgan fingerprint density at radius 3 is 2.81 bits per heavy atom. The Bertz CT molecular complexity index is 1030. The summed E-state index contributed by atoms with van der Waals surface area (Å²) in [5.41, 5.74) is 8.25. The molecule has 1 aliphatic carbocycles. The SMILES string of the molecule is C=C1C=CC(c2cnc3c(Cc4cccc(N(C)C)c4)cccn23)=CC1. The summed E-state index contributed by atoms with van der Waals surface area (Å²) < 4.78 is 2.19. The number of imidazole rings is 1. The second kappa shape index (κ2) is 6.68. The first-order valence-corrected chi connectivity index (χ1v) is 8.89. The van der Waals surface area contributed by atoms with Crippen molar-refractivity contribution < 1.29 is 0 Å². The van der Waals surface area contributed by atoms with Crippen LogP contribution in [0.25, 0.3) is 11.2 Å². The van der Waals surface area contributed by atoms with Crippen LogP contribution in [0.5, 0.6) is 0 Å². The molecule has 3 nitrogen and oxygen atoms in total. The Hall–Kier alpha value is -3.07. The topological polar surface area (TPSA) is 20.5 Å². The third-order valence-corrected chi connectivity index (χ3v) is 4.82. The molecular formula is C23H23N3. The Balaban J connectivity index is 1.70. The molecule has 0 unspecified atom stereocenters. The van der Waals surface area contributed by atoms with Gasteiger partial charge in [-0.25, -0.2) is 4.98 Å². The highest BCUT2D eigenvalue weighted by atomic mass is 15.1. The minimum Gasteiger partial charge on any atom is -0.378 e. The first-order valence-electron chi connectivity index (χ1n) is 8.89. The highest BCUT2D eigenvalue weighted by Crippen LogP contribution is 2.26. The fourth-order valence-electron chi connectivity index (χ4n) is 3.36. The molecule has 0 saturated heterocycles. The second-order valence-electron chi connectivity index (χ2n) is 6.97. The number of pyridine rings is 1. The van der Waals surface area contributed by atoms with E-state index in [2.05, 4.69) is 90.8 Å². The summed E-state index contributed by atoms with van der Waals surface area (Å²) in [6.45, 7) is 4.02. The zero-order valence-corrected chi connectivity index (χ0v) is 15.3. The van der Waals surface area contributed by atoms with E-state index in [9.17, 15) is 0 Å². The number of aromatic nitrogens is 2. The molecule has 0 amide bonds. The largest absolute Gasteiger partial charge is 0.378 e. The van der Waals surface area contributed by atoms with Gasteiger partial charge in [-0.15, -0.1) is 0 Å². The van der Waals surface area contributed by atoms with Gasteiger partial charge in [-0.1, -0.05) is 48.6 Å². The molecule has 0 N–H and O–H groups in total. The Morgan fingerprint density at radius 2 is 2.04 bits per heavy atom. The van der Waals surface area contributed by atoms with E-state index >= 15 is 0 Å². The predicted molar refractivity (Wildman–Crippen MR) is 110 cm³/mol. The van der Waals surface area contributed by atoms with E-state index in [0.717, 1.165) is 29.8 Å². The van der Waals surface area contributed by atoms with Crippen LogP contribution < -0.4 is 4.90 Å². The first kappa shape index (κ1) is 16.4. The fraction of sp³-hybridized carbons (Fsp3) is 0.174. The molecule has 26 heavy (non-hydrogen) atoms. The van der Waals surface area contributed by atoms with Crippen LogP contribution in [0.3, 0.4) is 0 Å². The highest BCUT2D eigenvalue weighted by Gasteiger charge is 2.12. The van der Waals surface area contributed by atoms with E-state index in [1.165, 1.54) is 22.4 Å². The summed E-state index contributed by atoms with van der Waals surface area (Å²) in [6.07, 6.45) is 12.3. The summed E-state index contributed by atoms with van der Waals surface area (Å²) in [6, 6.07) is 12.9. The van der Waals surface area contributed by atoms with Gasteiger partial charge >= 0.3 is 0 Å². The molecule has 0 fully saturated rings. The van der Waals surface area contributed by atoms with Crippen LogP contribution in [0, 0.1) is 0 Å². The number of allylic oxidation sites excluding steroid dienone is 5.